The van der Waals surface area contributed by atoms with Gasteiger partial charge in [0.25, 0.3) is 0 Å². The molecule has 3 heteroatoms. The highest BCUT2D eigenvalue weighted by molar-refractivity contribution is 5.78. The normalized spacial score (nSPS) is 17.5. The predicted molar refractivity (Wildman–Crippen MR) is 54.1 cm³/mol. The Kier molecular flexibility index (Phi) is 2.25. The zero-order valence-electron chi connectivity index (χ0n) is 8.59. The van der Waals surface area contributed by atoms with Crippen LogP contribution in [0.4, 0.5) is 4.39 Å². The minimum atomic E-state index is -0.802. The molecule has 0 heterocycles. The van der Waals surface area contributed by atoms with Crippen LogP contribution in [0.2, 0.25) is 0 Å². The Balaban J connectivity index is 2.24. The van der Waals surface area contributed by atoms with Gasteiger partial charge in [0.1, 0.15) is 5.82 Å². The van der Waals surface area contributed by atoms with Crippen LogP contribution in [0.3, 0.4) is 0 Å². The first kappa shape index (κ1) is 10.1. The number of hydrogen-bond acceptors (Lipinski definition) is 1. The molecule has 1 aromatic rings. The largest absolute Gasteiger partial charge is 0.481 e. The van der Waals surface area contributed by atoms with Crippen LogP contribution in [0.1, 0.15) is 24.0 Å². The van der Waals surface area contributed by atoms with E-state index in [-0.39, 0.29) is 5.82 Å². The molecular formula is C12H13FO2. The summed E-state index contributed by atoms with van der Waals surface area (Å²) in [6.07, 6.45) is 1.64. The van der Waals surface area contributed by atoms with E-state index in [1.807, 2.05) is 6.92 Å². The van der Waals surface area contributed by atoms with E-state index in [2.05, 4.69) is 0 Å². The molecule has 0 atom stereocenters. The second kappa shape index (κ2) is 3.33. The Morgan fingerprint density at radius 2 is 2.20 bits per heavy atom. The Morgan fingerprint density at radius 1 is 1.53 bits per heavy atom. The fourth-order valence-corrected chi connectivity index (χ4v) is 1.82. The van der Waals surface area contributed by atoms with Crippen molar-refractivity contribution in [1.82, 2.24) is 0 Å². The Bertz CT molecular complexity index is 408. The molecule has 1 N–H and O–H groups in total. The third-order valence-corrected chi connectivity index (χ3v) is 3.04. The minimum Gasteiger partial charge on any atom is -0.481 e. The summed E-state index contributed by atoms with van der Waals surface area (Å²) in [7, 11) is 0. The number of halogens is 1. The van der Waals surface area contributed by atoms with Crippen molar-refractivity contribution in [2.75, 3.05) is 0 Å². The quantitative estimate of drug-likeness (QED) is 0.828. The Morgan fingerprint density at radius 3 is 2.73 bits per heavy atom. The predicted octanol–water partition coefficient (Wildman–Crippen LogP) is 2.54. The number of carboxylic acids is 1. The summed E-state index contributed by atoms with van der Waals surface area (Å²) in [4.78, 5) is 11.0. The van der Waals surface area contributed by atoms with Gasteiger partial charge in [0.05, 0.1) is 5.41 Å². The first-order valence-corrected chi connectivity index (χ1v) is 5.02. The maximum atomic E-state index is 13.4. The van der Waals surface area contributed by atoms with E-state index in [9.17, 15) is 9.18 Å². The van der Waals surface area contributed by atoms with Crippen LogP contribution >= 0.6 is 0 Å². The summed E-state index contributed by atoms with van der Waals surface area (Å²) in [5.74, 6) is -1.10. The van der Waals surface area contributed by atoms with Gasteiger partial charge in [-0.15, -0.1) is 0 Å². The number of hydrogen-bond donors (Lipinski definition) is 1. The molecule has 0 spiro atoms. The molecule has 1 aromatic carbocycles. The number of carbonyl (C=O) groups is 1. The van der Waals surface area contributed by atoms with Gasteiger partial charge in [0, 0.05) is 0 Å². The van der Waals surface area contributed by atoms with E-state index < -0.39 is 11.4 Å². The van der Waals surface area contributed by atoms with Crippen molar-refractivity contribution in [3.63, 3.8) is 0 Å². The molecule has 1 aliphatic rings. The number of benzene rings is 1. The highest BCUT2D eigenvalue weighted by Gasteiger charge is 2.50. The molecule has 0 unspecified atom stereocenters. The first-order chi connectivity index (χ1) is 7.03. The van der Waals surface area contributed by atoms with Crippen LogP contribution in [0.5, 0.6) is 0 Å². The third kappa shape index (κ3) is 1.87. The molecule has 2 rings (SSSR count). The van der Waals surface area contributed by atoms with E-state index in [1.165, 1.54) is 6.07 Å². The van der Waals surface area contributed by atoms with Crippen LogP contribution in [0.15, 0.2) is 18.2 Å². The molecule has 0 aromatic heterocycles. The molecule has 0 amide bonds. The smallest absolute Gasteiger partial charge is 0.309 e. The number of aryl methyl sites for hydroxylation is 1. The molecule has 80 valence electrons. The van der Waals surface area contributed by atoms with Gasteiger partial charge in [0.2, 0.25) is 0 Å². The van der Waals surface area contributed by atoms with Gasteiger partial charge < -0.3 is 5.11 Å². The van der Waals surface area contributed by atoms with Gasteiger partial charge >= 0.3 is 5.97 Å². The summed E-state index contributed by atoms with van der Waals surface area (Å²) in [5.41, 5.74) is 0.803. The van der Waals surface area contributed by atoms with E-state index in [0.29, 0.717) is 24.8 Å². The zero-order chi connectivity index (χ0) is 11.1. The molecule has 1 aliphatic carbocycles. The van der Waals surface area contributed by atoms with Crippen LogP contribution in [0.25, 0.3) is 0 Å². The Hall–Kier alpha value is -1.38. The standard InChI is InChI=1S/C12H13FO2/c1-8-2-3-10(13)9(6-8)7-12(4-5-12)11(14)15/h2-3,6H,4-5,7H2,1H3,(H,14,15). The van der Waals surface area contributed by atoms with Crippen molar-refractivity contribution in [3.8, 4) is 0 Å². The summed E-state index contributed by atoms with van der Waals surface area (Å²) in [5, 5.41) is 9.00. The average molecular weight is 208 g/mol. The number of carboxylic acid groups (broad SMARTS) is 1. The number of rotatable bonds is 3. The van der Waals surface area contributed by atoms with Crippen molar-refractivity contribution in [1.29, 1.82) is 0 Å². The zero-order valence-corrected chi connectivity index (χ0v) is 8.59. The summed E-state index contributed by atoms with van der Waals surface area (Å²) in [6.45, 7) is 1.88. The minimum absolute atomic E-state index is 0.298. The molecule has 1 saturated carbocycles. The summed E-state index contributed by atoms with van der Waals surface area (Å²) in [6, 6.07) is 4.83. The van der Waals surface area contributed by atoms with Crippen molar-refractivity contribution >= 4 is 5.97 Å². The van der Waals surface area contributed by atoms with E-state index >= 15 is 0 Å². The van der Waals surface area contributed by atoms with Crippen LogP contribution in [-0.4, -0.2) is 11.1 Å². The molecule has 0 saturated heterocycles. The lowest BCUT2D eigenvalue weighted by Crippen LogP contribution is -2.18. The van der Waals surface area contributed by atoms with Crippen LogP contribution in [-0.2, 0) is 11.2 Å². The van der Waals surface area contributed by atoms with Crippen LogP contribution in [0, 0.1) is 18.2 Å². The van der Waals surface area contributed by atoms with Gasteiger partial charge in [-0.05, 0) is 37.8 Å². The molecule has 0 aliphatic heterocycles. The third-order valence-electron chi connectivity index (χ3n) is 3.04. The van der Waals surface area contributed by atoms with Gasteiger partial charge in [0.15, 0.2) is 0 Å². The van der Waals surface area contributed by atoms with Gasteiger partial charge in [-0.3, -0.25) is 4.79 Å². The fraction of sp³-hybridized carbons (Fsp3) is 0.417. The van der Waals surface area contributed by atoms with Gasteiger partial charge in [-0.25, -0.2) is 4.39 Å². The lowest BCUT2D eigenvalue weighted by molar-refractivity contribution is -0.143. The molecule has 0 radical (unpaired) electrons. The summed E-state index contributed by atoms with van der Waals surface area (Å²) >= 11 is 0. The SMILES string of the molecule is Cc1ccc(F)c(CC2(C(=O)O)CC2)c1. The van der Waals surface area contributed by atoms with E-state index in [0.717, 1.165) is 5.56 Å². The van der Waals surface area contributed by atoms with Gasteiger partial charge in [-0.2, -0.15) is 0 Å². The second-order valence-corrected chi connectivity index (χ2v) is 4.36. The molecule has 2 nitrogen and oxygen atoms in total. The molecular weight excluding hydrogens is 195 g/mol. The maximum absolute atomic E-state index is 13.4. The first-order valence-electron chi connectivity index (χ1n) is 5.02. The lowest BCUT2D eigenvalue weighted by atomic mass is 9.95. The highest BCUT2D eigenvalue weighted by atomic mass is 19.1. The Labute approximate surface area is 87.7 Å². The number of aliphatic carboxylic acids is 1. The van der Waals surface area contributed by atoms with Crippen molar-refractivity contribution < 1.29 is 14.3 Å². The van der Waals surface area contributed by atoms with E-state index in [1.54, 1.807) is 12.1 Å². The van der Waals surface area contributed by atoms with Crippen LogP contribution < -0.4 is 0 Å². The maximum Gasteiger partial charge on any atom is 0.309 e. The average Bonchev–Trinajstić information content (AvgIpc) is 2.92. The summed E-state index contributed by atoms with van der Waals surface area (Å²) < 4.78 is 13.4. The lowest BCUT2D eigenvalue weighted by Gasteiger charge is -2.10. The topological polar surface area (TPSA) is 37.3 Å². The highest BCUT2D eigenvalue weighted by Crippen LogP contribution is 2.48. The van der Waals surface area contributed by atoms with Crippen molar-refractivity contribution in [2.45, 2.75) is 26.2 Å². The van der Waals surface area contributed by atoms with Crippen molar-refractivity contribution in [2.24, 2.45) is 5.41 Å². The second-order valence-electron chi connectivity index (χ2n) is 4.36. The molecule has 0 bridgehead atoms. The fourth-order valence-electron chi connectivity index (χ4n) is 1.82. The molecule has 1 fully saturated rings. The van der Waals surface area contributed by atoms with Gasteiger partial charge in [-0.1, -0.05) is 17.7 Å². The van der Waals surface area contributed by atoms with Crippen molar-refractivity contribution in [3.05, 3.63) is 35.1 Å². The monoisotopic (exact) mass is 208 g/mol. The molecule has 15 heavy (non-hydrogen) atoms. The van der Waals surface area contributed by atoms with E-state index in [4.69, 9.17) is 5.11 Å².